The molecule has 1 amide bonds. The van der Waals surface area contributed by atoms with Crippen molar-refractivity contribution in [3.63, 3.8) is 0 Å². The fraction of sp³-hybridized carbons (Fsp3) is 0.720. The lowest BCUT2D eigenvalue weighted by Gasteiger charge is -2.38. The molecule has 6 nitrogen and oxygen atoms in total. The minimum atomic E-state index is -3.28. The molecule has 0 bridgehead atoms. The Bertz CT molecular complexity index is 858. The largest absolute Gasteiger partial charge is 0.444 e. The second-order valence-corrected chi connectivity index (χ2v) is 12.6. The Morgan fingerprint density at radius 2 is 1.69 bits per heavy atom. The maximum atomic E-state index is 12.8. The van der Waals surface area contributed by atoms with Gasteiger partial charge in [-0.05, 0) is 84.1 Å². The number of carbonyl (C=O) groups excluding carboxylic acids is 1. The first kappa shape index (κ1) is 25.0. The molecule has 3 rings (SSSR count). The average molecular weight is 465 g/mol. The highest BCUT2D eigenvalue weighted by molar-refractivity contribution is 7.88. The molecule has 2 aliphatic rings. The van der Waals surface area contributed by atoms with Gasteiger partial charge in [0.25, 0.3) is 0 Å². The molecular formula is C25H40N2O4S. The van der Waals surface area contributed by atoms with Gasteiger partial charge in [-0.25, -0.2) is 13.2 Å². The minimum Gasteiger partial charge on any atom is -0.444 e. The summed E-state index contributed by atoms with van der Waals surface area (Å²) in [7, 11) is -3.28. The Morgan fingerprint density at radius 1 is 1.06 bits per heavy atom. The average Bonchev–Trinajstić information content (AvgIpc) is 3.06. The van der Waals surface area contributed by atoms with E-state index < -0.39 is 15.6 Å². The van der Waals surface area contributed by atoms with E-state index in [4.69, 9.17) is 4.74 Å². The van der Waals surface area contributed by atoms with Crippen LogP contribution in [0.1, 0.15) is 78.2 Å². The molecule has 7 heteroatoms. The normalized spacial score (nSPS) is 27.0. The molecule has 1 aromatic carbocycles. The molecule has 1 saturated heterocycles. The first-order valence-electron chi connectivity index (χ1n) is 12.0. The SMILES string of the molecule is C[C@H]1CC[C@@H](CC2CCC(N(Cc3ccccc3)S(C)(=O)=O)CC2)N1C(=O)OC(C)(C)C. The molecule has 1 aliphatic heterocycles. The highest BCUT2D eigenvalue weighted by Crippen LogP contribution is 2.37. The van der Waals surface area contributed by atoms with Gasteiger partial charge >= 0.3 is 6.09 Å². The van der Waals surface area contributed by atoms with Crippen LogP contribution in [0.15, 0.2) is 30.3 Å². The van der Waals surface area contributed by atoms with Crippen molar-refractivity contribution in [1.29, 1.82) is 0 Å². The summed E-state index contributed by atoms with van der Waals surface area (Å²) in [6.45, 7) is 8.26. The van der Waals surface area contributed by atoms with Crippen LogP contribution < -0.4 is 0 Å². The molecule has 1 aromatic rings. The molecule has 0 radical (unpaired) electrons. The Balaban J connectivity index is 1.59. The molecule has 0 spiro atoms. The highest BCUT2D eigenvalue weighted by Gasteiger charge is 2.39. The predicted octanol–water partition coefficient (Wildman–Crippen LogP) is 5.19. The lowest BCUT2D eigenvalue weighted by atomic mass is 9.82. The minimum absolute atomic E-state index is 0.0471. The van der Waals surface area contributed by atoms with Crippen molar-refractivity contribution in [2.24, 2.45) is 5.92 Å². The second kappa shape index (κ2) is 10.1. The molecule has 0 unspecified atom stereocenters. The van der Waals surface area contributed by atoms with E-state index >= 15 is 0 Å². The third kappa shape index (κ3) is 6.70. The van der Waals surface area contributed by atoms with Gasteiger partial charge in [0.2, 0.25) is 10.0 Å². The topological polar surface area (TPSA) is 66.9 Å². The number of sulfonamides is 1. The van der Waals surface area contributed by atoms with Crippen molar-refractivity contribution in [2.45, 2.75) is 103 Å². The van der Waals surface area contributed by atoms with Crippen molar-refractivity contribution < 1.29 is 17.9 Å². The van der Waals surface area contributed by atoms with Crippen molar-refractivity contribution in [3.8, 4) is 0 Å². The molecule has 0 N–H and O–H groups in total. The van der Waals surface area contributed by atoms with E-state index in [2.05, 4.69) is 6.92 Å². The predicted molar refractivity (Wildman–Crippen MR) is 128 cm³/mol. The van der Waals surface area contributed by atoms with Gasteiger partial charge in [-0.1, -0.05) is 30.3 Å². The molecule has 180 valence electrons. The fourth-order valence-electron chi connectivity index (χ4n) is 5.28. The van der Waals surface area contributed by atoms with Crippen LogP contribution >= 0.6 is 0 Å². The zero-order valence-corrected chi connectivity index (χ0v) is 21.1. The van der Waals surface area contributed by atoms with Crippen LogP contribution in [0.4, 0.5) is 4.79 Å². The lowest BCUT2D eigenvalue weighted by molar-refractivity contribution is 0.0132. The summed E-state index contributed by atoms with van der Waals surface area (Å²) in [5.41, 5.74) is 0.531. The van der Waals surface area contributed by atoms with Crippen molar-refractivity contribution in [1.82, 2.24) is 9.21 Å². The van der Waals surface area contributed by atoms with Gasteiger partial charge in [-0.2, -0.15) is 4.31 Å². The summed E-state index contributed by atoms with van der Waals surface area (Å²) in [5, 5.41) is 0. The number of carbonyl (C=O) groups is 1. The van der Waals surface area contributed by atoms with Crippen LogP contribution in [0.5, 0.6) is 0 Å². The Kier molecular flexibility index (Phi) is 7.92. The van der Waals surface area contributed by atoms with Gasteiger partial charge < -0.3 is 9.64 Å². The van der Waals surface area contributed by atoms with E-state index in [-0.39, 0.29) is 24.2 Å². The Labute approximate surface area is 194 Å². The van der Waals surface area contributed by atoms with Crippen LogP contribution in [-0.4, -0.2) is 53.7 Å². The van der Waals surface area contributed by atoms with Gasteiger partial charge in [0, 0.05) is 24.7 Å². The van der Waals surface area contributed by atoms with Crippen molar-refractivity contribution >= 4 is 16.1 Å². The van der Waals surface area contributed by atoms with Gasteiger partial charge in [0.1, 0.15) is 5.60 Å². The summed E-state index contributed by atoms with van der Waals surface area (Å²) in [6.07, 6.45) is 7.87. The smallest absolute Gasteiger partial charge is 0.410 e. The summed E-state index contributed by atoms with van der Waals surface area (Å²) in [5.74, 6) is 0.518. The van der Waals surface area contributed by atoms with Gasteiger partial charge in [0.15, 0.2) is 0 Å². The number of likely N-dealkylation sites (tertiary alicyclic amines) is 1. The third-order valence-corrected chi connectivity index (χ3v) is 8.11. The number of hydrogen-bond acceptors (Lipinski definition) is 4. The summed E-state index contributed by atoms with van der Waals surface area (Å²) in [6, 6.07) is 10.3. The van der Waals surface area contributed by atoms with Gasteiger partial charge in [-0.3, -0.25) is 0 Å². The van der Waals surface area contributed by atoms with E-state index in [9.17, 15) is 13.2 Å². The molecule has 0 aromatic heterocycles. The number of rotatable bonds is 6. The fourth-order valence-corrected chi connectivity index (χ4v) is 6.42. The molecular weight excluding hydrogens is 424 g/mol. The number of ether oxygens (including phenoxy) is 1. The summed E-state index contributed by atoms with van der Waals surface area (Å²) >= 11 is 0. The van der Waals surface area contributed by atoms with Crippen LogP contribution in [0.3, 0.4) is 0 Å². The zero-order chi connectivity index (χ0) is 23.5. The van der Waals surface area contributed by atoms with Crippen LogP contribution in [0.25, 0.3) is 0 Å². The molecule has 2 fully saturated rings. The number of amides is 1. The van der Waals surface area contributed by atoms with Crippen molar-refractivity contribution in [3.05, 3.63) is 35.9 Å². The van der Waals surface area contributed by atoms with E-state index in [1.165, 1.54) is 6.26 Å². The van der Waals surface area contributed by atoms with Gasteiger partial charge in [-0.15, -0.1) is 0 Å². The summed E-state index contributed by atoms with van der Waals surface area (Å²) < 4.78 is 32.4. The number of benzene rings is 1. The van der Waals surface area contributed by atoms with Crippen LogP contribution in [0.2, 0.25) is 0 Å². The standard InChI is InChI=1S/C25H40N2O4S/c1-19-11-14-23(27(19)24(28)31-25(2,3)4)17-20-12-15-22(16-13-20)26(32(5,29)30)18-21-9-7-6-8-10-21/h6-10,19-20,22-23H,11-18H2,1-5H3/t19-,20?,22?,23-/m0/s1. The summed E-state index contributed by atoms with van der Waals surface area (Å²) in [4.78, 5) is 14.7. The van der Waals surface area contributed by atoms with Crippen LogP contribution in [0, 0.1) is 5.92 Å². The number of hydrogen-bond donors (Lipinski definition) is 0. The third-order valence-electron chi connectivity index (χ3n) is 6.83. The van der Waals surface area contributed by atoms with E-state index in [0.29, 0.717) is 12.5 Å². The lowest BCUT2D eigenvalue weighted by Crippen LogP contribution is -2.45. The monoisotopic (exact) mass is 464 g/mol. The molecule has 1 heterocycles. The molecule has 1 saturated carbocycles. The van der Waals surface area contributed by atoms with Gasteiger partial charge in [0.05, 0.1) is 6.26 Å². The highest BCUT2D eigenvalue weighted by atomic mass is 32.2. The van der Waals surface area contributed by atoms with Crippen molar-refractivity contribution in [2.75, 3.05) is 6.26 Å². The van der Waals surface area contributed by atoms with E-state index in [1.54, 1.807) is 4.31 Å². The molecule has 2 atom stereocenters. The first-order valence-corrected chi connectivity index (χ1v) is 13.8. The number of nitrogens with zero attached hydrogens (tertiary/aromatic N) is 2. The van der Waals surface area contributed by atoms with Crippen LogP contribution in [-0.2, 0) is 21.3 Å². The van der Waals surface area contributed by atoms with E-state index in [1.807, 2.05) is 56.0 Å². The maximum absolute atomic E-state index is 12.8. The maximum Gasteiger partial charge on any atom is 0.410 e. The first-order chi connectivity index (χ1) is 14.9. The van der Waals surface area contributed by atoms with E-state index in [0.717, 1.165) is 50.5 Å². The second-order valence-electron chi connectivity index (χ2n) is 10.7. The Morgan fingerprint density at radius 3 is 2.25 bits per heavy atom. The molecule has 32 heavy (non-hydrogen) atoms. The quantitative estimate of drug-likeness (QED) is 0.581. The Hall–Kier alpha value is -1.60. The molecule has 1 aliphatic carbocycles. The zero-order valence-electron chi connectivity index (χ0n) is 20.3.